The van der Waals surface area contributed by atoms with E-state index in [0.29, 0.717) is 36.4 Å². The maximum absolute atomic E-state index is 12.5. The van der Waals surface area contributed by atoms with Gasteiger partial charge in [0.05, 0.1) is 53.7 Å². The zero-order valence-electron chi connectivity index (χ0n) is 50.3. The summed E-state index contributed by atoms with van der Waals surface area (Å²) in [5, 5.41) is 55.5. The number of nitrogens with one attached hydrogen (secondary N) is 8. The number of fused-ring (bicyclic) bond motifs is 2. The number of rotatable bonds is 16. The summed E-state index contributed by atoms with van der Waals surface area (Å²) in [6, 6.07) is 14.2. The molecule has 478 valence electrons. The van der Waals surface area contributed by atoms with Gasteiger partial charge < -0.3 is 49.0 Å². The predicted octanol–water partition coefficient (Wildman–Crippen LogP) is -15.3. The summed E-state index contributed by atoms with van der Waals surface area (Å²) in [4.78, 5) is 29.5. The maximum Gasteiger partial charge on any atom is 1.00 e. The molecule has 0 fully saturated rings. The van der Waals surface area contributed by atoms with Crippen LogP contribution in [-0.2, 0) is 60.7 Å². The summed E-state index contributed by atoms with van der Waals surface area (Å²) in [6.45, 7) is 0. The molecule has 10 N–H and O–H groups in total. The summed E-state index contributed by atoms with van der Waals surface area (Å²) in [6.07, 6.45) is 0. The number of H-pyrrole nitrogens is 4. The first-order valence-corrected chi connectivity index (χ1v) is 33.2. The summed E-state index contributed by atoms with van der Waals surface area (Å²) in [5.41, 5.74) is -3.57. The average Bonchev–Trinajstić information content (AvgIpc) is 0.760. The van der Waals surface area contributed by atoms with E-state index in [0.717, 1.165) is 24.3 Å². The number of nitrogens with zero attached hydrogens (tertiary/aromatic N) is 10. The second-order valence-electron chi connectivity index (χ2n) is 18.0. The topological polar surface area (TPSA) is 643 Å². The van der Waals surface area contributed by atoms with Crippen molar-refractivity contribution in [1.82, 2.24) is 29.9 Å². The molecule has 0 unspecified atom stereocenters. The van der Waals surface area contributed by atoms with Crippen LogP contribution in [0.1, 0.15) is 0 Å². The standard InChI is InChI=1S/C46H34Cl2N18O20S6.6Na/c47-39-57-43(51-21-5-7-29(31(13-21)53-41(49)67)63-65-33-17-25-19(11-37(33)91(81,82)83)9-23(87(69,70)71)15-35(25)89(75,76)77)61-45(59-39)55-27-3-1-2-4-28(27)56-46-60-40(48)58-44(62-46)52-22-6-8-30(32(14-22)54-42(50)68)64-66-34-18-26-20(12-38(34)92(84,85)86)10-24(88(72,73)74)16-36(26)90(78,79)80;;;;;;/h1-18H,(H3,49,53,67)(H3,50,54,68)(H,69,70,71)(H,72,73,74)(H,75,76,77)(H,78,79,80)(H,81,82,83)(H,84,85,86)(H2,51,55,57,59,61)(H2,52,56,58,60,62);;;;;;/q;6*+1/p-6. The van der Waals surface area contributed by atoms with Crippen molar-refractivity contribution in [1.29, 1.82) is 10.8 Å². The van der Waals surface area contributed by atoms with Crippen LogP contribution in [0.25, 0.3) is 21.5 Å². The molecule has 0 radical (unpaired) electrons. The van der Waals surface area contributed by atoms with Gasteiger partial charge in [-0.2, -0.15) is 26.8 Å². The molecule has 0 aliphatic heterocycles. The molecule has 0 aliphatic rings. The second-order valence-corrected chi connectivity index (χ2v) is 26.9. The van der Waals surface area contributed by atoms with Gasteiger partial charge in [-0.05, 0) is 131 Å². The number of anilines is 2. The van der Waals surface area contributed by atoms with Crippen molar-refractivity contribution in [2.75, 3.05) is 10.6 Å². The van der Waals surface area contributed by atoms with E-state index in [1.165, 1.54) is 24.3 Å². The number of para-hydroxylation sites is 2. The molecule has 0 saturated carbocycles. The summed E-state index contributed by atoms with van der Waals surface area (Å²) in [5.74, 6) is 0. The van der Waals surface area contributed by atoms with Gasteiger partial charge in [0.25, 0.3) is 20.2 Å². The normalized spacial score (nSPS) is 12.8. The molecule has 98 heavy (non-hydrogen) atoms. The quantitative estimate of drug-likeness (QED) is 0.0141. The predicted molar refractivity (Wildman–Crippen MR) is 307 cm³/mol. The molecule has 2 aromatic heterocycles. The van der Waals surface area contributed by atoms with Crippen LogP contribution in [0.2, 0.25) is 10.6 Å². The minimum Gasteiger partial charge on any atom is -0.846 e. The number of halogens is 2. The minimum absolute atomic E-state index is 0. The number of aromatic amines is 4. The van der Waals surface area contributed by atoms with Crippen LogP contribution in [0, 0.1) is 10.8 Å². The Hall–Kier alpha value is -3.94. The maximum atomic E-state index is 12.5. The Morgan fingerprint density at radius 1 is 0.418 bits per heavy atom. The van der Waals surface area contributed by atoms with E-state index in [-0.39, 0.29) is 268 Å². The number of benzene rings is 7. The Morgan fingerprint density at radius 2 is 0.755 bits per heavy atom. The Balaban J connectivity index is 0.00000417. The van der Waals surface area contributed by atoms with Gasteiger partial charge in [0.15, 0.2) is 0 Å². The number of azo groups is 2. The Morgan fingerprint density at radius 3 is 1.06 bits per heavy atom. The molecule has 9 rings (SSSR count). The van der Waals surface area contributed by atoms with E-state index < -0.39 is 135 Å². The van der Waals surface area contributed by atoms with Crippen LogP contribution in [0.3, 0.4) is 0 Å². The molecule has 0 saturated heterocycles. The summed E-state index contributed by atoms with van der Waals surface area (Å²) >= 11 is 12.7. The number of aromatic nitrogens is 6. The SMILES string of the molecule is N=C([O-])Nc1cc(N=c2nc(Cl)[nH]c(=Nc3ccccc3N=c3[nH]c(Cl)nc(=Nc4ccc(N=Nc5cc6c(S(=O)(=O)[O-])cc(S(=O)(=O)[O-])cc6cc5S(=O)(=O)O)c(NC(=N)[O-])c4)[nH]3)[nH]2)ccc1N=Nc1cc2c(S(=O)(=O)[O-])cc(S(=O)(=O)[O-])cc2cc1S(=O)(=O)O.[Na+].[Na+].[Na+].[Na+].[Na+].[Na+]. The van der Waals surface area contributed by atoms with Crippen LogP contribution < -0.4 is 221 Å². The van der Waals surface area contributed by atoms with Gasteiger partial charge in [0.2, 0.25) is 33.0 Å². The van der Waals surface area contributed by atoms with Crippen LogP contribution in [0.5, 0.6) is 0 Å². The zero-order chi connectivity index (χ0) is 67.2. The van der Waals surface area contributed by atoms with E-state index in [1.54, 1.807) is 12.1 Å². The largest absolute Gasteiger partial charge is 1.00 e. The molecule has 0 atom stereocenters. The van der Waals surface area contributed by atoms with E-state index in [4.69, 9.17) is 34.0 Å². The van der Waals surface area contributed by atoms with E-state index >= 15 is 0 Å². The van der Waals surface area contributed by atoms with Gasteiger partial charge in [-0.1, -0.05) is 12.1 Å². The molecule has 38 nitrogen and oxygen atoms in total. The molecule has 52 heteroatoms. The van der Waals surface area contributed by atoms with Crippen molar-refractivity contribution in [3.05, 3.63) is 142 Å². The van der Waals surface area contributed by atoms with E-state index in [9.17, 15) is 88.0 Å². The number of amidine groups is 2. The van der Waals surface area contributed by atoms with Gasteiger partial charge in [-0.15, -0.1) is 20.5 Å². The van der Waals surface area contributed by atoms with Crippen molar-refractivity contribution in [2.45, 2.75) is 29.4 Å². The molecule has 0 amide bonds. The molecule has 0 aliphatic carbocycles. The van der Waals surface area contributed by atoms with Crippen molar-refractivity contribution < 1.29 is 265 Å². The van der Waals surface area contributed by atoms with Crippen molar-refractivity contribution in [3.63, 3.8) is 0 Å². The minimum atomic E-state index is -5.57. The fraction of sp³-hybridized carbons (Fsp3) is 0. The first kappa shape index (κ1) is 88.3. The first-order valence-electron chi connectivity index (χ1n) is 23.9. The Labute approximate surface area is 693 Å². The summed E-state index contributed by atoms with van der Waals surface area (Å²) in [7, 11) is -32.6. The third kappa shape index (κ3) is 22.8. The van der Waals surface area contributed by atoms with Crippen LogP contribution >= 0.6 is 23.2 Å². The van der Waals surface area contributed by atoms with Crippen molar-refractivity contribution >= 4 is 174 Å². The molecule has 0 bridgehead atoms. The molecule has 0 spiro atoms. The second kappa shape index (κ2) is 35.0. The zero-order valence-corrected chi connectivity index (χ0v) is 68.7. The summed E-state index contributed by atoms with van der Waals surface area (Å²) < 4.78 is 214. The fourth-order valence-corrected chi connectivity index (χ4v) is 12.3. The molecular weight excluding hydrogens is 1530 g/mol. The van der Waals surface area contributed by atoms with Gasteiger partial charge in [-0.3, -0.25) is 29.9 Å². The van der Waals surface area contributed by atoms with Gasteiger partial charge in [-0.25, -0.2) is 53.6 Å². The number of hydrogen-bond donors (Lipinski definition) is 10. The Kier molecular flexibility index (Phi) is 31.5. The molecular formula is C46H28Cl2N18Na6O20S6. The number of hydrogen-bond acceptors (Lipinski definition) is 30. The van der Waals surface area contributed by atoms with Gasteiger partial charge in [0, 0.05) is 22.8 Å². The van der Waals surface area contributed by atoms with E-state index in [2.05, 4.69) is 81.0 Å². The van der Waals surface area contributed by atoms with Gasteiger partial charge in [0.1, 0.15) is 73.0 Å². The van der Waals surface area contributed by atoms with Gasteiger partial charge >= 0.3 is 177 Å². The first-order chi connectivity index (χ1) is 42.7. The Bertz CT molecular complexity index is 5470. The monoisotopic (exact) mass is 1550 g/mol. The third-order valence-corrected chi connectivity index (χ3v) is 17.2. The molecule has 9 aromatic rings. The van der Waals surface area contributed by atoms with Crippen molar-refractivity contribution in [3.8, 4) is 0 Å². The van der Waals surface area contributed by atoms with Crippen LogP contribution in [-0.4, -0.2) is 120 Å². The molecule has 7 aromatic carbocycles. The average molecular weight is 1550 g/mol. The van der Waals surface area contributed by atoms with Crippen LogP contribution in [0.4, 0.5) is 56.9 Å². The van der Waals surface area contributed by atoms with Crippen molar-refractivity contribution in [2.24, 2.45) is 40.4 Å². The smallest absolute Gasteiger partial charge is 0.846 e. The third-order valence-electron chi connectivity index (χ3n) is 11.7. The van der Waals surface area contributed by atoms with Crippen LogP contribution in [0.15, 0.2) is 179 Å². The molecule has 2 heterocycles. The van der Waals surface area contributed by atoms with E-state index in [1.807, 2.05) is 0 Å². The fourth-order valence-electron chi connectivity index (χ4n) is 8.06.